The maximum Gasteiger partial charge on any atom is 0.138 e. The van der Waals surface area contributed by atoms with Gasteiger partial charge in [-0.05, 0) is 11.7 Å². The molecule has 96 valence electrons. The summed E-state index contributed by atoms with van der Waals surface area (Å²) in [7, 11) is 0. The van der Waals surface area contributed by atoms with Crippen LogP contribution in [0.4, 0.5) is 0 Å². The van der Waals surface area contributed by atoms with Crippen molar-refractivity contribution in [3.8, 4) is 0 Å². The molecule has 0 unspecified atom stereocenters. The van der Waals surface area contributed by atoms with Gasteiger partial charge in [0.25, 0.3) is 0 Å². The van der Waals surface area contributed by atoms with E-state index in [-0.39, 0.29) is 0 Å². The van der Waals surface area contributed by atoms with Crippen molar-refractivity contribution in [1.29, 1.82) is 0 Å². The Labute approximate surface area is 109 Å². The average Bonchev–Trinajstić information content (AvgIpc) is 2.27. The summed E-state index contributed by atoms with van der Waals surface area (Å²) in [6, 6.07) is 0.497. The van der Waals surface area contributed by atoms with Gasteiger partial charge in [0.2, 0.25) is 0 Å². The number of rotatable bonds is 7. The number of aromatic nitrogens is 2. The van der Waals surface area contributed by atoms with Crippen LogP contribution in [0, 0.1) is 5.92 Å². The molecule has 0 saturated heterocycles. The lowest BCUT2D eigenvalue weighted by molar-refractivity contribution is 0.586. The zero-order chi connectivity index (χ0) is 12.7. The molecule has 1 N–H and O–H groups in total. The summed E-state index contributed by atoms with van der Waals surface area (Å²) in [4.78, 5) is 8.76. The summed E-state index contributed by atoms with van der Waals surface area (Å²) < 4.78 is 0. The highest BCUT2D eigenvalue weighted by Gasteiger charge is 2.00. The second-order valence-electron chi connectivity index (χ2n) is 4.95. The second-order valence-corrected chi connectivity index (χ2v) is 5.98. The number of nitrogens with zero attached hydrogens (tertiary/aromatic N) is 2. The van der Waals surface area contributed by atoms with Gasteiger partial charge in [0.1, 0.15) is 5.82 Å². The lowest BCUT2D eigenvalue weighted by Gasteiger charge is -2.08. The van der Waals surface area contributed by atoms with E-state index >= 15 is 0 Å². The number of thioether (sulfide) groups is 1. The van der Waals surface area contributed by atoms with Gasteiger partial charge in [-0.3, -0.25) is 0 Å². The largest absolute Gasteiger partial charge is 0.310 e. The zero-order valence-corrected chi connectivity index (χ0v) is 12.0. The Morgan fingerprint density at radius 2 is 1.82 bits per heavy atom. The van der Waals surface area contributed by atoms with Crippen molar-refractivity contribution in [2.75, 3.05) is 5.75 Å². The first-order valence-corrected chi connectivity index (χ1v) is 7.34. The fourth-order valence-electron chi connectivity index (χ4n) is 1.26. The Kier molecular flexibility index (Phi) is 6.52. The summed E-state index contributed by atoms with van der Waals surface area (Å²) in [5, 5.41) is 3.35. The van der Waals surface area contributed by atoms with E-state index in [1.807, 2.05) is 24.2 Å². The topological polar surface area (TPSA) is 37.8 Å². The van der Waals surface area contributed by atoms with Gasteiger partial charge in [0.15, 0.2) is 0 Å². The molecular formula is C13H23N3S. The van der Waals surface area contributed by atoms with Crippen molar-refractivity contribution in [3.05, 3.63) is 23.8 Å². The minimum atomic E-state index is 0.497. The molecule has 0 atom stereocenters. The normalized spacial score (nSPS) is 11.4. The van der Waals surface area contributed by atoms with Crippen LogP contribution in [-0.2, 0) is 12.3 Å². The molecule has 1 rings (SSSR count). The minimum absolute atomic E-state index is 0.497. The smallest absolute Gasteiger partial charge is 0.138 e. The molecule has 0 bridgehead atoms. The molecule has 1 aromatic heterocycles. The van der Waals surface area contributed by atoms with E-state index < -0.39 is 0 Å². The van der Waals surface area contributed by atoms with Gasteiger partial charge in [-0.2, -0.15) is 11.8 Å². The molecular weight excluding hydrogens is 230 g/mol. The molecule has 17 heavy (non-hydrogen) atoms. The minimum Gasteiger partial charge on any atom is -0.310 e. The predicted octanol–water partition coefficient (Wildman–Crippen LogP) is 2.86. The fraction of sp³-hybridized carbons (Fsp3) is 0.692. The fourth-order valence-corrected chi connectivity index (χ4v) is 2.18. The third-order valence-corrected chi connectivity index (χ3v) is 3.52. The Bertz CT molecular complexity index is 309. The molecule has 0 radical (unpaired) electrons. The van der Waals surface area contributed by atoms with Crippen LogP contribution < -0.4 is 5.32 Å². The van der Waals surface area contributed by atoms with Crippen molar-refractivity contribution < 1.29 is 0 Å². The van der Waals surface area contributed by atoms with Crippen molar-refractivity contribution in [2.45, 2.75) is 46.0 Å². The molecule has 0 aliphatic carbocycles. The standard InChI is InChI=1S/C13H23N3S/c1-10(2)8-17-9-13-15-6-12(7-16-13)5-14-11(3)4/h6-7,10-11,14H,5,8-9H2,1-4H3. The van der Waals surface area contributed by atoms with E-state index in [2.05, 4.69) is 43.0 Å². The second kappa shape index (κ2) is 7.67. The quantitative estimate of drug-likeness (QED) is 0.811. The van der Waals surface area contributed by atoms with Crippen LogP contribution in [-0.4, -0.2) is 21.8 Å². The lowest BCUT2D eigenvalue weighted by atomic mass is 10.3. The van der Waals surface area contributed by atoms with Gasteiger partial charge in [-0.1, -0.05) is 27.7 Å². The highest BCUT2D eigenvalue weighted by molar-refractivity contribution is 7.98. The third kappa shape index (κ3) is 6.64. The van der Waals surface area contributed by atoms with Gasteiger partial charge >= 0.3 is 0 Å². The summed E-state index contributed by atoms with van der Waals surface area (Å²) in [5.74, 6) is 3.74. The van der Waals surface area contributed by atoms with E-state index in [9.17, 15) is 0 Å². The predicted molar refractivity (Wildman–Crippen MR) is 75.0 cm³/mol. The maximum absolute atomic E-state index is 4.38. The molecule has 0 aliphatic rings. The Morgan fingerprint density at radius 1 is 1.18 bits per heavy atom. The molecule has 0 fully saturated rings. The summed E-state index contributed by atoms with van der Waals surface area (Å²) >= 11 is 1.90. The van der Waals surface area contributed by atoms with Crippen molar-refractivity contribution in [1.82, 2.24) is 15.3 Å². The number of nitrogens with one attached hydrogen (secondary N) is 1. The van der Waals surface area contributed by atoms with Crippen LogP contribution in [0.15, 0.2) is 12.4 Å². The van der Waals surface area contributed by atoms with E-state index in [0.717, 1.165) is 29.6 Å². The molecule has 0 aromatic carbocycles. The first-order valence-electron chi connectivity index (χ1n) is 6.19. The van der Waals surface area contributed by atoms with Crippen molar-refractivity contribution in [2.24, 2.45) is 5.92 Å². The van der Waals surface area contributed by atoms with Gasteiger partial charge in [-0.15, -0.1) is 0 Å². The summed E-state index contributed by atoms with van der Waals surface area (Å²) in [6.45, 7) is 9.58. The summed E-state index contributed by atoms with van der Waals surface area (Å²) in [5.41, 5.74) is 1.15. The molecule has 0 spiro atoms. The Morgan fingerprint density at radius 3 is 2.35 bits per heavy atom. The third-order valence-electron chi connectivity index (χ3n) is 2.16. The van der Waals surface area contributed by atoms with Crippen molar-refractivity contribution in [3.63, 3.8) is 0 Å². The van der Waals surface area contributed by atoms with Crippen LogP contribution in [0.2, 0.25) is 0 Å². The lowest BCUT2D eigenvalue weighted by Crippen LogP contribution is -2.22. The zero-order valence-electron chi connectivity index (χ0n) is 11.2. The maximum atomic E-state index is 4.38. The van der Waals surface area contributed by atoms with Crippen LogP contribution in [0.25, 0.3) is 0 Å². The molecule has 0 saturated carbocycles. The van der Waals surface area contributed by atoms with E-state index in [1.54, 1.807) is 0 Å². The number of hydrogen-bond acceptors (Lipinski definition) is 4. The Balaban J connectivity index is 2.34. The van der Waals surface area contributed by atoms with E-state index in [0.29, 0.717) is 6.04 Å². The van der Waals surface area contributed by atoms with Gasteiger partial charge in [0, 0.05) is 30.5 Å². The van der Waals surface area contributed by atoms with Crippen LogP contribution >= 0.6 is 11.8 Å². The van der Waals surface area contributed by atoms with Gasteiger partial charge < -0.3 is 5.32 Å². The molecule has 1 heterocycles. The first kappa shape index (κ1) is 14.5. The van der Waals surface area contributed by atoms with Gasteiger partial charge in [0.05, 0.1) is 5.75 Å². The average molecular weight is 253 g/mol. The van der Waals surface area contributed by atoms with E-state index in [4.69, 9.17) is 0 Å². The van der Waals surface area contributed by atoms with Crippen LogP contribution in [0.1, 0.15) is 39.1 Å². The highest BCUT2D eigenvalue weighted by atomic mass is 32.2. The molecule has 3 nitrogen and oxygen atoms in total. The van der Waals surface area contributed by atoms with Crippen LogP contribution in [0.3, 0.4) is 0 Å². The monoisotopic (exact) mass is 253 g/mol. The van der Waals surface area contributed by atoms with Crippen LogP contribution in [0.5, 0.6) is 0 Å². The SMILES string of the molecule is CC(C)CSCc1ncc(CNC(C)C)cn1. The van der Waals surface area contributed by atoms with E-state index in [1.165, 1.54) is 5.75 Å². The molecule has 1 aromatic rings. The van der Waals surface area contributed by atoms with Gasteiger partial charge in [-0.25, -0.2) is 9.97 Å². The molecule has 0 aliphatic heterocycles. The Hall–Kier alpha value is -0.610. The summed E-state index contributed by atoms with van der Waals surface area (Å²) in [6.07, 6.45) is 3.85. The molecule has 4 heteroatoms. The first-order chi connectivity index (χ1) is 8.08. The molecule has 0 amide bonds. The van der Waals surface area contributed by atoms with Crippen molar-refractivity contribution >= 4 is 11.8 Å². The number of hydrogen-bond donors (Lipinski definition) is 1. The highest BCUT2D eigenvalue weighted by Crippen LogP contribution is 2.12.